The van der Waals surface area contributed by atoms with Gasteiger partial charge in [0.15, 0.2) is 10.8 Å². The van der Waals surface area contributed by atoms with E-state index in [-0.39, 0.29) is 6.04 Å². The van der Waals surface area contributed by atoms with Gasteiger partial charge in [-0.15, -0.1) is 11.3 Å². The zero-order valence-corrected chi connectivity index (χ0v) is 10.7. The largest absolute Gasteiger partial charge is 0.409 e. The Hall–Kier alpha value is -1.60. The number of amidine groups is 1. The Bertz CT molecular complexity index is 546. The molecule has 0 radical (unpaired) electrons. The van der Waals surface area contributed by atoms with Gasteiger partial charge in [0.25, 0.3) is 0 Å². The van der Waals surface area contributed by atoms with Crippen LogP contribution in [0.4, 0.5) is 0 Å². The van der Waals surface area contributed by atoms with E-state index in [0.717, 1.165) is 36.6 Å². The number of imidazole rings is 1. The Labute approximate surface area is 108 Å². The van der Waals surface area contributed by atoms with Crippen LogP contribution in [0.3, 0.4) is 0 Å². The van der Waals surface area contributed by atoms with Gasteiger partial charge in [-0.25, -0.2) is 4.98 Å². The summed E-state index contributed by atoms with van der Waals surface area (Å²) in [5.74, 6) is 0.300. The van der Waals surface area contributed by atoms with Crippen molar-refractivity contribution >= 4 is 22.1 Å². The first-order valence-electron chi connectivity index (χ1n) is 5.90. The highest BCUT2D eigenvalue weighted by molar-refractivity contribution is 7.15. The van der Waals surface area contributed by atoms with E-state index in [2.05, 4.69) is 15.0 Å². The fourth-order valence-electron chi connectivity index (χ4n) is 2.48. The Morgan fingerprint density at radius 3 is 3.33 bits per heavy atom. The van der Waals surface area contributed by atoms with Crippen molar-refractivity contribution in [1.29, 1.82) is 0 Å². The summed E-state index contributed by atoms with van der Waals surface area (Å²) in [6, 6.07) is 0.0368. The maximum atomic E-state index is 8.78. The first-order chi connectivity index (χ1) is 8.78. The van der Waals surface area contributed by atoms with Crippen LogP contribution >= 0.6 is 11.3 Å². The summed E-state index contributed by atoms with van der Waals surface area (Å²) in [5.41, 5.74) is 6.74. The van der Waals surface area contributed by atoms with Crippen molar-refractivity contribution in [3.8, 4) is 0 Å². The van der Waals surface area contributed by atoms with Crippen LogP contribution in [0.15, 0.2) is 22.9 Å². The van der Waals surface area contributed by atoms with Crippen LogP contribution in [-0.2, 0) is 6.54 Å². The normalized spacial score (nSPS) is 22.0. The molecule has 1 aliphatic heterocycles. The summed E-state index contributed by atoms with van der Waals surface area (Å²) < 4.78 is 2.02. The molecule has 0 amide bonds. The van der Waals surface area contributed by atoms with Gasteiger partial charge in [-0.2, -0.15) is 0 Å². The molecule has 0 spiro atoms. The highest BCUT2D eigenvalue weighted by atomic mass is 32.1. The van der Waals surface area contributed by atoms with Gasteiger partial charge in [0.1, 0.15) is 0 Å². The van der Waals surface area contributed by atoms with Crippen molar-refractivity contribution in [2.24, 2.45) is 10.9 Å². The van der Waals surface area contributed by atoms with Gasteiger partial charge in [0.05, 0.1) is 11.7 Å². The maximum Gasteiger partial charge on any atom is 0.193 e. The van der Waals surface area contributed by atoms with E-state index in [9.17, 15) is 0 Å². The molecule has 0 aromatic carbocycles. The van der Waals surface area contributed by atoms with Crippen LogP contribution in [0.5, 0.6) is 0 Å². The minimum Gasteiger partial charge on any atom is -0.409 e. The quantitative estimate of drug-likeness (QED) is 0.377. The summed E-state index contributed by atoms with van der Waals surface area (Å²) >= 11 is 1.62. The molecule has 6 nitrogen and oxygen atoms in total. The number of fused-ring (bicyclic) bond motifs is 1. The van der Waals surface area contributed by atoms with Crippen molar-refractivity contribution in [2.45, 2.75) is 25.4 Å². The van der Waals surface area contributed by atoms with Crippen LogP contribution in [0, 0.1) is 0 Å². The summed E-state index contributed by atoms with van der Waals surface area (Å²) in [6.07, 6.45) is 6.05. The van der Waals surface area contributed by atoms with Crippen LogP contribution in [0.25, 0.3) is 4.96 Å². The van der Waals surface area contributed by atoms with E-state index >= 15 is 0 Å². The predicted octanol–water partition coefficient (Wildman–Crippen LogP) is 1.11. The zero-order chi connectivity index (χ0) is 12.5. The Morgan fingerprint density at radius 1 is 1.67 bits per heavy atom. The van der Waals surface area contributed by atoms with Crippen molar-refractivity contribution in [1.82, 2.24) is 14.3 Å². The molecule has 1 unspecified atom stereocenters. The summed E-state index contributed by atoms with van der Waals surface area (Å²) in [7, 11) is 0. The van der Waals surface area contributed by atoms with Crippen molar-refractivity contribution in [2.75, 3.05) is 6.54 Å². The number of nitrogens with two attached hydrogens (primary N) is 1. The fraction of sp³-hybridized carbons (Fsp3) is 0.455. The molecule has 3 N–H and O–H groups in total. The van der Waals surface area contributed by atoms with Gasteiger partial charge < -0.3 is 10.9 Å². The van der Waals surface area contributed by atoms with Crippen LogP contribution < -0.4 is 5.73 Å². The maximum absolute atomic E-state index is 8.78. The SMILES string of the molecule is N/C(=N/O)C1CCCN1Cc1cn2ccsc2n1. The van der Waals surface area contributed by atoms with E-state index in [4.69, 9.17) is 10.9 Å². The molecule has 1 atom stereocenters. The number of aromatic nitrogens is 2. The van der Waals surface area contributed by atoms with E-state index in [1.165, 1.54) is 0 Å². The van der Waals surface area contributed by atoms with E-state index in [1.54, 1.807) is 11.3 Å². The molecular formula is C11H15N5OS. The van der Waals surface area contributed by atoms with Gasteiger partial charge in [-0.05, 0) is 19.4 Å². The Kier molecular flexibility index (Phi) is 2.92. The molecule has 1 saturated heterocycles. The van der Waals surface area contributed by atoms with Gasteiger partial charge in [0.2, 0.25) is 0 Å². The number of likely N-dealkylation sites (tertiary alicyclic amines) is 1. The minimum atomic E-state index is 0.0368. The topological polar surface area (TPSA) is 79.2 Å². The lowest BCUT2D eigenvalue weighted by atomic mass is 10.2. The second kappa shape index (κ2) is 4.58. The van der Waals surface area contributed by atoms with E-state index in [0.29, 0.717) is 5.84 Å². The average Bonchev–Trinajstić information content (AvgIpc) is 3.03. The number of nitrogens with zero attached hydrogens (tertiary/aromatic N) is 4. The number of rotatable bonds is 3. The first-order valence-corrected chi connectivity index (χ1v) is 6.78. The summed E-state index contributed by atoms with van der Waals surface area (Å²) in [6.45, 7) is 1.71. The Balaban J connectivity index is 1.77. The fourth-order valence-corrected chi connectivity index (χ4v) is 3.20. The number of hydrogen-bond donors (Lipinski definition) is 2. The van der Waals surface area contributed by atoms with Crippen molar-refractivity contribution in [3.05, 3.63) is 23.5 Å². The monoisotopic (exact) mass is 265 g/mol. The van der Waals surface area contributed by atoms with Crippen LogP contribution in [-0.4, -0.2) is 37.9 Å². The minimum absolute atomic E-state index is 0.0368. The van der Waals surface area contributed by atoms with E-state index < -0.39 is 0 Å². The smallest absolute Gasteiger partial charge is 0.193 e. The van der Waals surface area contributed by atoms with Crippen LogP contribution in [0.1, 0.15) is 18.5 Å². The standard InChI is InChI=1S/C11H15N5OS/c12-10(14-17)9-2-1-3-15(9)6-8-7-16-4-5-18-11(16)13-8/h4-5,7,9,17H,1-3,6H2,(H2,12,14). The van der Waals surface area contributed by atoms with Gasteiger partial charge >= 0.3 is 0 Å². The Morgan fingerprint density at radius 2 is 2.56 bits per heavy atom. The highest BCUT2D eigenvalue weighted by Crippen LogP contribution is 2.21. The van der Waals surface area contributed by atoms with E-state index in [1.807, 2.05) is 22.2 Å². The molecule has 0 bridgehead atoms. The van der Waals surface area contributed by atoms with Gasteiger partial charge in [0, 0.05) is 24.3 Å². The molecule has 2 aromatic rings. The number of thiazole rings is 1. The lowest BCUT2D eigenvalue weighted by Crippen LogP contribution is -2.40. The molecule has 18 heavy (non-hydrogen) atoms. The third-order valence-electron chi connectivity index (χ3n) is 3.33. The predicted molar refractivity (Wildman–Crippen MR) is 69.9 cm³/mol. The molecular weight excluding hydrogens is 250 g/mol. The molecule has 3 heterocycles. The highest BCUT2D eigenvalue weighted by Gasteiger charge is 2.28. The molecule has 0 aliphatic carbocycles. The number of oxime groups is 1. The average molecular weight is 265 g/mol. The first kappa shape index (κ1) is 11.5. The molecule has 7 heteroatoms. The second-order valence-corrected chi connectivity index (χ2v) is 5.35. The molecule has 0 saturated carbocycles. The summed E-state index contributed by atoms with van der Waals surface area (Å²) in [4.78, 5) is 7.77. The van der Waals surface area contributed by atoms with Crippen molar-refractivity contribution < 1.29 is 5.21 Å². The molecule has 3 rings (SSSR count). The molecule has 1 aliphatic rings. The third-order valence-corrected chi connectivity index (χ3v) is 4.10. The summed E-state index contributed by atoms with van der Waals surface area (Å²) in [5, 5.41) is 13.9. The van der Waals surface area contributed by atoms with Crippen LogP contribution in [0.2, 0.25) is 0 Å². The molecule has 96 valence electrons. The number of hydrogen-bond acceptors (Lipinski definition) is 5. The third kappa shape index (κ3) is 1.95. The second-order valence-electron chi connectivity index (χ2n) is 4.48. The zero-order valence-electron chi connectivity index (χ0n) is 9.86. The van der Waals surface area contributed by atoms with Gasteiger partial charge in [-0.3, -0.25) is 9.30 Å². The lowest BCUT2D eigenvalue weighted by Gasteiger charge is -2.21. The molecule has 1 fully saturated rings. The van der Waals surface area contributed by atoms with Gasteiger partial charge in [-0.1, -0.05) is 5.16 Å². The van der Waals surface area contributed by atoms with Crippen molar-refractivity contribution in [3.63, 3.8) is 0 Å². The lowest BCUT2D eigenvalue weighted by molar-refractivity contribution is 0.273. The molecule has 2 aromatic heterocycles.